The number of rotatable bonds is 6. The third-order valence-corrected chi connectivity index (χ3v) is 2.83. The summed E-state index contributed by atoms with van der Waals surface area (Å²) in [6.07, 6.45) is 7.10. The van der Waals surface area contributed by atoms with E-state index >= 15 is 0 Å². The van der Waals surface area contributed by atoms with E-state index in [9.17, 15) is 0 Å². The van der Waals surface area contributed by atoms with E-state index in [1.165, 1.54) is 0 Å². The number of hydrogen-bond donors (Lipinski definition) is 1. The van der Waals surface area contributed by atoms with Crippen LogP contribution in [0.2, 0.25) is 0 Å². The van der Waals surface area contributed by atoms with Crippen molar-refractivity contribution in [3.8, 4) is 0 Å². The van der Waals surface area contributed by atoms with Crippen LogP contribution >= 0.6 is 15.9 Å². The van der Waals surface area contributed by atoms with Crippen LogP contribution in [0.25, 0.3) is 0 Å². The number of hydrogen-bond acceptors (Lipinski definition) is 2. The Labute approximate surface area is 99.9 Å². The number of allylic oxidation sites excluding steroid dienone is 1. The zero-order valence-corrected chi connectivity index (χ0v) is 10.6. The zero-order chi connectivity index (χ0) is 11.1. The lowest BCUT2D eigenvalue weighted by molar-refractivity contribution is 0.518. The Kier molecular flexibility index (Phi) is 5.58. The van der Waals surface area contributed by atoms with Gasteiger partial charge in [0.2, 0.25) is 0 Å². The molecule has 0 aliphatic carbocycles. The summed E-state index contributed by atoms with van der Waals surface area (Å²) in [5.41, 5.74) is 1.10. The normalized spacial score (nSPS) is 12.4. The van der Waals surface area contributed by atoms with Crippen molar-refractivity contribution in [3.05, 3.63) is 41.2 Å². The van der Waals surface area contributed by atoms with E-state index in [1.807, 2.05) is 25.4 Å². The maximum atomic E-state index is 4.39. The Balaban J connectivity index is 2.57. The lowest BCUT2D eigenvalue weighted by atomic mass is 10.1. The first-order valence-electron chi connectivity index (χ1n) is 5.17. The van der Waals surface area contributed by atoms with Crippen LogP contribution < -0.4 is 5.32 Å². The van der Waals surface area contributed by atoms with Crippen molar-refractivity contribution in [3.63, 3.8) is 0 Å². The van der Waals surface area contributed by atoms with Gasteiger partial charge in [-0.3, -0.25) is 4.98 Å². The fourth-order valence-electron chi connectivity index (χ4n) is 1.50. The van der Waals surface area contributed by atoms with Gasteiger partial charge in [0, 0.05) is 16.7 Å². The van der Waals surface area contributed by atoms with Crippen molar-refractivity contribution < 1.29 is 0 Å². The molecule has 1 unspecified atom stereocenters. The predicted octanol–water partition coefficient (Wildman–Crippen LogP) is 3.46. The summed E-state index contributed by atoms with van der Waals surface area (Å²) in [5, 5.41) is 3.28. The van der Waals surface area contributed by atoms with Crippen molar-refractivity contribution in [2.24, 2.45) is 0 Å². The maximum absolute atomic E-state index is 4.39. The maximum Gasteiger partial charge on any atom is 0.0573 e. The highest BCUT2D eigenvalue weighted by atomic mass is 79.9. The Morgan fingerprint density at radius 1 is 1.60 bits per heavy atom. The molecule has 0 radical (unpaired) electrons. The minimum absolute atomic E-state index is 0.345. The Bertz CT molecular complexity index is 295. The summed E-state index contributed by atoms with van der Waals surface area (Å²) in [6.45, 7) is 3.73. The molecule has 15 heavy (non-hydrogen) atoms. The molecule has 0 aliphatic rings. The van der Waals surface area contributed by atoms with E-state index in [0.717, 1.165) is 29.4 Å². The topological polar surface area (TPSA) is 24.9 Å². The molecular formula is C12H17BrN2. The highest BCUT2D eigenvalue weighted by Gasteiger charge is 2.09. The van der Waals surface area contributed by atoms with Crippen LogP contribution in [-0.4, -0.2) is 12.0 Å². The van der Waals surface area contributed by atoms with Gasteiger partial charge in [0.05, 0.1) is 5.69 Å². The van der Waals surface area contributed by atoms with E-state index in [2.05, 4.69) is 38.9 Å². The van der Waals surface area contributed by atoms with Gasteiger partial charge in [-0.25, -0.2) is 0 Å². The lowest BCUT2D eigenvalue weighted by Gasteiger charge is -2.14. The molecule has 3 heteroatoms. The number of nitrogens with zero attached hydrogens (tertiary/aromatic N) is 1. The van der Waals surface area contributed by atoms with Crippen LogP contribution in [0.4, 0.5) is 0 Å². The summed E-state index contributed by atoms with van der Waals surface area (Å²) >= 11 is 3.38. The average Bonchev–Trinajstić information content (AvgIpc) is 2.26. The number of nitrogens with one attached hydrogen (secondary N) is 1. The summed E-state index contributed by atoms with van der Waals surface area (Å²) in [6, 6.07) is 4.43. The zero-order valence-electron chi connectivity index (χ0n) is 9.04. The molecule has 2 nitrogen and oxygen atoms in total. The van der Waals surface area contributed by atoms with Crippen LogP contribution in [0.5, 0.6) is 0 Å². The Morgan fingerprint density at radius 3 is 2.93 bits per heavy atom. The van der Waals surface area contributed by atoms with Gasteiger partial charge >= 0.3 is 0 Å². The predicted molar refractivity (Wildman–Crippen MR) is 67.8 cm³/mol. The van der Waals surface area contributed by atoms with Crippen molar-refractivity contribution in [2.75, 3.05) is 7.05 Å². The largest absolute Gasteiger partial charge is 0.312 e. The van der Waals surface area contributed by atoms with Crippen molar-refractivity contribution in [1.82, 2.24) is 10.3 Å². The van der Waals surface area contributed by atoms with E-state index in [0.29, 0.717) is 6.04 Å². The van der Waals surface area contributed by atoms with Gasteiger partial charge in [-0.1, -0.05) is 6.08 Å². The molecule has 82 valence electrons. The first-order chi connectivity index (χ1) is 7.27. The highest BCUT2D eigenvalue weighted by molar-refractivity contribution is 9.10. The molecule has 1 rings (SSSR count). The van der Waals surface area contributed by atoms with Gasteiger partial charge in [0.15, 0.2) is 0 Å². The number of aromatic nitrogens is 1. The molecule has 0 aliphatic heterocycles. The monoisotopic (exact) mass is 268 g/mol. The van der Waals surface area contributed by atoms with E-state index < -0.39 is 0 Å². The second kappa shape index (κ2) is 6.75. The van der Waals surface area contributed by atoms with Gasteiger partial charge in [0.25, 0.3) is 0 Å². The molecule has 0 spiro atoms. The molecule has 1 aromatic rings. The number of pyridine rings is 1. The van der Waals surface area contributed by atoms with Crippen LogP contribution in [0.3, 0.4) is 0 Å². The second-order valence-electron chi connectivity index (χ2n) is 3.46. The van der Waals surface area contributed by atoms with E-state index in [1.54, 1.807) is 0 Å². The molecular weight excluding hydrogens is 252 g/mol. The molecule has 0 amide bonds. The molecule has 1 aromatic heterocycles. The third kappa shape index (κ3) is 4.14. The fraction of sp³-hybridized carbons (Fsp3) is 0.417. The molecule has 1 N–H and O–H groups in total. The molecule has 0 saturated heterocycles. The van der Waals surface area contributed by atoms with Crippen molar-refractivity contribution in [2.45, 2.75) is 25.3 Å². The Morgan fingerprint density at radius 2 is 2.40 bits per heavy atom. The standard InChI is InChI=1S/C12H17BrN2/c1-3-4-5-6-11(14-2)12-8-7-10(13)9-15-12/h3,7-9,11,14H,1,4-6H2,2H3. The van der Waals surface area contributed by atoms with Crippen molar-refractivity contribution in [1.29, 1.82) is 0 Å². The van der Waals surface area contributed by atoms with E-state index in [4.69, 9.17) is 0 Å². The second-order valence-corrected chi connectivity index (χ2v) is 4.38. The minimum Gasteiger partial charge on any atom is -0.312 e. The summed E-state index contributed by atoms with van der Waals surface area (Å²) in [4.78, 5) is 4.39. The van der Waals surface area contributed by atoms with Crippen LogP contribution in [0.15, 0.2) is 35.5 Å². The first-order valence-corrected chi connectivity index (χ1v) is 5.97. The van der Waals surface area contributed by atoms with Crippen LogP contribution in [-0.2, 0) is 0 Å². The van der Waals surface area contributed by atoms with Crippen LogP contribution in [0, 0.1) is 0 Å². The summed E-state index contributed by atoms with van der Waals surface area (Å²) in [7, 11) is 1.97. The molecule has 0 fully saturated rings. The summed E-state index contributed by atoms with van der Waals surface area (Å²) < 4.78 is 1.02. The fourth-order valence-corrected chi connectivity index (χ4v) is 1.73. The van der Waals surface area contributed by atoms with Gasteiger partial charge in [-0.2, -0.15) is 0 Å². The summed E-state index contributed by atoms with van der Waals surface area (Å²) in [5.74, 6) is 0. The Hall–Kier alpha value is -0.670. The molecule has 1 heterocycles. The smallest absolute Gasteiger partial charge is 0.0573 e. The number of halogens is 1. The molecule has 1 atom stereocenters. The first kappa shape index (κ1) is 12.4. The lowest BCUT2D eigenvalue weighted by Crippen LogP contribution is -2.17. The minimum atomic E-state index is 0.345. The highest BCUT2D eigenvalue weighted by Crippen LogP contribution is 2.18. The molecule has 0 bridgehead atoms. The van der Waals surface area contributed by atoms with Crippen molar-refractivity contribution >= 4 is 15.9 Å². The van der Waals surface area contributed by atoms with Crippen LogP contribution in [0.1, 0.15) is 31.0 Å². The average molecular weight is 269 g/mol. The van der Waals surface area contributed by atoms with Gasteiger partial charge < -0.3 is 5.32 Å². The molecule has 0 saturated carbocycles. The quantitative estimate of drug-likeness (QED) is 0.632. The van der Waals surface area contributed by atoms with Gasteiger partial charge in [-0.15, -0.1) is 6.58 Å². The van der Waals surface area contributed by atoms with Gasteiger partial charge in [-0.05, 0) is 54.4 Å². The SMILES string of the molecule is C=CCCCC(NC)c1ccc(Br)cn1. The number of unbranched alkanes of at least 4 members (excludes halogenated alkanes) is 1. The molecule has 0 aromatic carbocycles. The third-order valence-electron chi connectivity index (χ3n) is 2.36. The van der Waals surface area contributed by atoms with E-state index in [-0.39, 0.29) is 0 Å². The van der Waals surface area contributed by atoms with Gasteiger partial charge in [0.1, 0.15) is 0 Å².